The summed E-state index contributed by atoms with van der Waals surface area (Å²) in [5, 5.41) is 8.77. The highest BCUT2D eigenvalue weighted by molar-refractivity contribution is 4.80. The van der Waals surface area contributed by atoms with Crippen LogP contribution in [0.5, 0.6) is 0 Å². The topological polar surface area (TPSA) is 23.5 Å². The van der Waals surface area contributed by atoms with Gasteiger partial charge in [0.15, 0.2) is 0 Å². The van der Waals surface area contributed by atoms with Gasteiger partial charge in [-0.2, -0.15) is 0 Å². The fourth-order valence-electron chi connectivity index (χ4n) is 1.07. The molecule has 0 bridgehead atoms. The molecule has 0 amide bonds. The minimum absolute atomic E-state index is 0.265. The largest absolute Gasteiger partial charge is 0.395 e. The molecular formula is C10H21NO. The monoisotopic (exact) mass is 171 g/mol. The number of nitrogens with zero attached hydrogens (tertiary/aromatic N) is 1. The fraction of sp³-hybridized carbons (Fsp3) is 0.800. The van der Waals surface area contributed by atoms with Gasteiger partial charge in [-0.1, -0.05) is 25.5 Å². The molecule has 0 saturated heterocycles. The van der Waals surface area contributed by atoms with Gasteiger partial charge >= 0.3 is 0 Å². The van der Waals surface area contributed by atoms with Crippen LogP contribution in [0.1, 0.15) is 26.7 Å². The SMILES string of the molecule is CC=CCN(CCO)CCCC. The number of allylic oxidation sites excluding steroid dienone is 1. The molecule has 0 fully saturated rings. The van der Waals surface area contributed by atoms with E-state index in [1.165, 1.54) is 12.8 Å². The lowest BCUT2D eigenvalue weighted by atomic mass is 10.3. The zero-order valence-corrected chi connectivity index (χ0v) is 8.29. The van der Waals surface area contributed by atoms with Crippen LogP contribution in [-0.4, -0.2) is 36.2 Å². The molecule has 0 aliphatic rings. The van der Waals surface area contributed by atoms with Gasteiger partial charge in [0.25, 0.3) is 0 Å². The number of hydrogen-bond acceptors (Lipinski definition) is 2. The van der Waals surface area contributed by atoms with E-state index in [0.717, 1.165) is 19.6 Å². The predicted molar refractivity (Wildman–Crippen MR) is 53.2 cm³/mol. The molecule has 0 rings (SSSR count). The zero-order valence-electron chi connectivity index (χ0n) is 8.29. The highest BCUT2D eigenvalue weighted by atomic mass is 16.3. The van der Waals surface area contributed by atoms with Crippen molar-refractivity contribution in [3.63, 3.8) is 0 Å². The molecule has 0 aromatic heterocycles. The fourth-order valence-corrected chi connectivity index (χ4v) is 1.07. The molecule has 12 heavy (non-hydrogen) atoms. The lowest BCUT2D eigenvalue weighted by molar-refractivity contribution is 0.206. The molecule has 72 valence electrons. The van der Waals surface area contributed by atoms with Crippen LogP contribution in [0.4, 0.5) is 0 Å². The van der Waals surface area contributed by atoms with Gasteiger partial charge in [-0.3, -0.25) is 4.90 Å². The Kier molecular flexibility index (Phi) is 8.51. The minimum Gasteiger partial charge on any atom is -0.395 e. The van der Waals surface area contributed by atoms with Crippen molar-refractivity contribution >= 4 is 0 Å². The average Bonchev–Trinajstić information content (AvgIpc) is 2.10. The molecule has 0 aliphatic heterocycles. The van der Waals surface area contributed by atoms with Gasteiger partial charge in [0, 0.05) is 13.1 Å². The van der Waals surface area contributed by atoms with E-state index in [9.17, 15) is 0 Å². The van der Waals surface area contributed by atoms with Crippen molar-refractivity contribution in [2.45, 2.75) is 26.7 Å². The van der Waals surface area contributed by atoms with E-state index in [-0.39, 0.29) is 6.61 Å². The van der Waals surface area contributed by atoms with E-state index in [4.69, 9.17) is 5.11 Å². The Hall–Kier alpha value is -0.340. The smallest absolute Gasteiger partial charge is 0.0558 e. The van der Waals surface area contributed by atoms with Crippen molar-refractivity contribution in [1.82, 2.24) is 4.90 Å². The van der Waals surface area contributed by atoms with Crippen LogP contribution in [0.25, 0.3) is 0 Å². The van der Waals surface area contributed by atoms with E-state index in [0.29, 0.717) is 0 Å². The summed E-state index contributed by atoms with van der Waals surface area (Å²) >= 11 is 0. The zero-order chi connectivity index (χ0) is 9.23. The maximum absolute atomic E-state index is 8.77. The van der Waals surface area contributed by atoms with E-state index >= 15 is 0 Å². The van der Waals surface area contributed by atoms with E-state index in [1.54, 1.807) is 0 Å². The molecule has 0 aromatic rings. The van der Waals surface area contributed by atoms with E-state index in [2.05, 4.69) is 24.0 Å². The minimum atomic E-state index is 0.265. The number of aliphatic hydroxyl groups excluding tert-OH is 1. The lowest BCUT2D eigenvalue weighted by Gasteiger charge is -2.18. The molecule has 0 atom stereocenters. The summed E-state index contributed by atoms with van der Waals surface area (Å²) in [4.78, 5) is 2.27. The highest BCUT2D eigenvalue weighted by Gasteiger charge is 1.99. The summed E-state index contributed by atoms with van der Waals surface area (Å²) in [6.45, 7) is 7.34. The first-order valence-electron chi connectivity index (χ1n) is 4.79. The van der Waals surface area contributed by atoms with Gasteiger partial charge in [0.05, 0.1) is 6.61 Å². The van der Waals surface area contributed by atoms with Crippen molar-refractivity contribution in [3.05, 3.63) is 12.2 Å². The molecule has 0 radical (unpaired) electrons. The molecule has 1 N–H and O–H groups in total. The molecule has 0 spiro atoms. The van der Waals surface area contributed by atoms with Crippen LogP contribution in [0, 0.1) is 0 Å². The molecular weight excluding hydrogens is 150 g/mol. The summed E-state index contributed by atoms with van der Waals surface area (Å²) in [7, 11) is 0. The third-order valence-corrected chi connectivity index (χ3v) is 1.84. The number of rotatable bonds is 7. The summed E-state index contributed by atoms with van der Waals surface area (Å²) < 4.78 is 0. The van der Waals surface area contributed by atoms with Crippen molar-refractivity contribution in [1.29, 1.82) is 0 Å². The van der Waals surface area contributed by atoms with Crippen LogP contribution in [0.15, 0.2) is 12.2 Å². The highest BCUT2D eigenvalue weighted by Crippen LogP contribution is 1.94. The maximum atomic E-state index is 8.77. The number of aliphatic hydroxyl groups is 1. The second-order valence-electron chi connectivity index (χ2n) is 2.95. The quantitative estimate of drug-likeness (QED) is 0.589. The molecule has 0 saturated carbocycles. The van der Waals surface area contributed by atoms with Gasteiger partial charge in [0.2, 0.25) is 0 Å². The van der Waals surface area contributed by atoms with Crippen LogP contribution in [-0.2, 0) is 0 Å². The summed E-state index contributed by atoms with van der Waals surface area (Å²) in [6.07, 6.45) is 6.62. The van der Waals surface area contributed by atoms with Gasteiger partial charge in [-0.05, 0) is 19.9 Å². The standard InChI is InChI=1S/C10H21NO/c1-3-5-7-11(9-10-12)8-6-4-2/h3,5,12H,4,6-10H2,1-2H3. The van der Waals surface area contributed by atoms with Crippen LogP contribution in [0.3, 0.4) is 0 Å². The van der Waals surface area contributed by atoms with Crippen LogP contribution < -0.4 is 0 Å². The molecule has 0 aromatic carbocycles. The lowest BCUT2D eigenvalue weighted by Crippen LogP contribution is -2.28. The van der Waals surface area contributed by atoms with Crippen molar-refractivity contribution in [2.75, 3.05) is 26.2 Å². The maximum Gasteiger partial charge on any atom is 0.0558 e. The second kappa shape index (κ2) is 8.75. The second-order valence-corrected chi connectivity index (χ2v) is 2.95. The first kappa shape index (κ1) is 11.7. The Morgan fingerprint density at radius 1 is 1.33 bits per heavy atom. The van der Waals surface area contributed by atoms with Crippen molar-refractivity contribution in [3.8, 4) is 0 Å². The summed E-state index contributed by atoms with van der Waals surface area (Å²) in [5.41, 5.74) is 0. The van der Waals surface area contributed by atoms with Gasteiger partial charge < -0.3 is 5.11 Å². The van der Waals surface area contributed by atoms with Gasteiger partial charge in [-0.15, -0.1) is 0 Å². The Morgan fingerprint density at radius 3 is 2.58 bits per heavy atom. The Bertz CT molecular complexity index is 112. The molecule has 0 heterocycles. The Balaban J connectivity index is 3.53. The number of hydrogen-bond donors (Lipinski definition) is 1. The van der Waals surface area contributed by atoms with Crippen LogP contribution in [0.2, 0.25) is 0 Å². The van der Waals surface area contributed by atoms with Gasteiger partial charge in [-0.25, -0.2) is 0 Å². The molecule has 2 heteroatoms. The first-order valence-corrected chi connectivity index (χ1v) is 4.79. The van der Waals surface area contributed by atoms with E-state index < -0.39 is 0 Å². The van der Waals surface area contributed by atoms with Crippen molar-refractivity contribution < 1.29 is 5.11 Å². The third kappa shape index (κ3) is 6.38. The van der Waals surface area contributed by atoms with Gasteiger partial charge in [0.1, 0.15) is 0 Å². The summed E-state index contributed by atoms with van der Waals surface area (Å²) in [5.74, 6) is 0. The molecule has 0 unspecified atom stereocenters. The first-order chi connectivity index (χ1) is 5.85. The van der Waals surface area contributed by atoms with E-state index in [1.807, 2.05) is 6.92 Å². The van der Waals surface area contributed by atoms with Crippen molar-refractivity contribution in [2.24, 2.45) is 0 Å². The average molecular weight is 171 g/mol. The summed E-state index contributed by atoms with van der Waals surface area (Å²) in [6, 6.07) is 0. The third-order valence-electron chi connectivity index (χ3n) is 1.84. The Morgan fingerprint density at radius 2 is 2.08 bits per heavy atom. The normalized spacial score (nSPS) is 11.7. The molecule has 0 aliphatic carbocycles. The molecule has 2 nitrogen and oxygen atoms in total. The van der Waals surface area contributed by atoms with Crippen LogP contribution >= 0.6 is 0 Å². The Labute approximate surface area is 75.9 Å². The predicted octanol–water partition coefficient (Wildman–Crippen LogP) is 1.66. The number of unbranched alkanes of at least 4 members (excludes halogenated alkanes) is 1.